The fourth-order valence-corrected chi connectivity index (χ4v) is 5.16. The standard InChI is InChI=1S/C29H34ClN3O5S/c1-4-16-31-29(35)27(18-22-10-6-5-7-11-22)32(20-23-12-8-15-26(17-23)38-2)28(34)21-33(39(3,36)37)25-14-9-13-24(30)19-25/h5-15,17,19,27H,4,16,18,20-21H2,1-3H3,(H,31,35)/t27-/m0/s1. The molecule has 0 aliphatic carbocycles. The van der Waals surface area contributed by atoms with E-state index < -0.39 is 28.5 Å². The zero-order valence-corrected chi connectivity index (χ0v) is 23.9. The number of carbonyl (C=O) groups is 2. The van der Waals surface area contributed by atoms with Crippen LogP contribution in [0.2, 0.25) is 5.02 Å². The Morgan fingerprint density at radius 3 is 2.31 bits per heavy atom. The third kappa shape index (κ3) is 8.73. The van der Waals surface area contributed by atoms with Crippen molar-refractivity contribution in [3.8, 4) is 5.75 Å². The molecule has 1 N–H and O–H groups in total. The Kier molecular flexibility index (Phi) is 10.8. The van der Waals surface area contributed by atoms with E-state index in [1.807, 2.05) is 43.3 Å². The van der Waals surface area contributed by atoms with Crippen molar-refractivity contribution >= 4 is 39.1 Å². The van der Waals surface area contributed by atoms with Gasteiger partial charge in [0, 0.05) is 24.5 Å². The van der Waals surface area contributed by atoms with Crippen LogP contribution in [0.1, 0.15) is 24.5 Å². The van der Waals surface area contributed by atoms with Gasteiger partial charge in [0.1, 0.15) is 18.3 Å². The normalized spacial score (nSPS) is 11.9. The summed E-state index contributed by atoms with van der Waals surface area (Å²) in [5.41, 5.74) is 1.86. The van der Waals surface area contributed by atoms with Crippen molar-refractivity contribution in [1.82, 2.24) is 10.2 Å². The number of amides is 2. The van der Waals surface area contributed by atoms with Crippen molar-refractivity contribution in [2.24, 2.45) is 0 Å². The molecule has 0 unspecified atom stereocenters. The van der Waals surface area contributed by atoms with Gasteiger partial charge < -0.3 is 15.0 Å². The summed E-state index contributed by atoms with van der Waals surface area (Å²) in [7, 11) is -2.31. The SMILES string of the molecule is CCCNC(=O)[C@H](Cc1ccccc1)N(Cc1cccc(OC)c1)C(=O)CN(c1cccc(Cl)c1)S(C)(=O)=O. The maximum atomic E-state index is 14.0. The van der Waals surface area contributed by atoms with Gasteiger partial charge in [-0.1, -0.05) is 67.1 Å². The molecular formula is C29H34ClN3O5S. The second-order valence-corrected chi connectivity index (χ2v) is 11.5. The average Bonchev–Trinajstić information content (AvgIpc) is 2.92. The van der Waals surface area contributed by atoms with Crippen molar-refractivity contribution < 1.29 is 22.7 Å². The van der Waals surface area contributed by atoms with Crippen molar-refractivity contribution in [1.29, 1.82) is 0 Å². The van der Waals surface area contributed by atoms with E-state index in [2.05, 4.69) is 5.32 Å². The van der Waals surface area contributed by atoms with Crippen molar-refractivity contribution in [3.63, 3.8) is 0 Å². The molecule has 2 amide bonds. The molecule has 0 saturated carbocycles. The number of nitrogens with one attached hydrogen (secondary N) is 1. The highest BCUT2D eigenvalue weighted by Crippen LogP contribution is 2.24. The molecule has 3 aromatic carbocycles. The molecule has 0 aliphatic rings. The lowest BCUT2D eigenvalue weighted by Crippen LogP contribution is -2.53. The fraction of sp³-hybridized carbons (Fsp3) is 0.310. The van der Waals surface area contributed by atoms with Crippen LogP contribution in [0, 0.1) is 0 Å². The summed E-state index contributed by atoms with van der Waals surface area (Å²) in [6.07, 6.45) is 2.01. The Balaban J connectivity index is 2.05. The Morgan fingerprint density at radius 2 is 1.67 bits per heavy atom. The van der Waals surface area contributed by atoms with Gasteiger partial charge in [0.15, 0.2) is 0 Å². The van der Waals surface area contributed by atoms with Gasteiger partial charge in [0.25, 0.3) is 0 Å². The maximum absolute atomic E-state index is 14.0. The number of sulfonamides is 1. The number of halogens is 1. The van der Waals surface area contributed by atoms with Crippen LogP contribution in [-0.4, -0.2) is 57.6 Å². The molecule has 0 aromatic heterocycles. The lowest BCUT2D eigenvalue weighted by molar-refractivity contribution is -0.140. The van der Waals surface area contributed by atoms with Crippen molar-refractivity contribution in [2.45, 2.75) is 32.4 Å². The maximum Gasteiger partial charge on any atom is 0.244 e. The van der Waals surface area contributed by atoms with Crippen LogP contribution >= 0.6 is 11.6 Å². The Hall–Kier alpha value is -3.56. The number of carbonyl (C=O) groups excluding carboxylic acids is 2. The minimum Gasteiger partial charge on any atom is -0.497 e. The highest BCUT2D eigenvalue weighted by Gasteiger charge is 2.33. The molecule has 0 heterocycles. The van der Waals surface area contributed by atoms with Crippen LogP contribution in [0.15, 0.2) is 78.9 Å². The molecule has 208 valence electrons. The summed E-state index contributed by atoms with van der Waals surface area (Å²) in [6, 6.07) is 22.0. The minimum absolute atomic E-state index is 0.0697. The second-order valence-electron chi connectivity index (χ2n) is 9.12. The molecule has 0 bridgehead atoms. The molecule has 10 heteroatoms. The van der Waals surface area contributed by atoms with Gasteiger partial charge in [-0.15, -0.1) is 0 Å². The van der Waals surface area contributed by atoms with E-state index in [1.54, 1.807) is 43.5 Å². The van der Waals surface area contributed by atoms with Crippen LogP contribution in [0.4, 0.5) is 5.69 Å². The number of anilines is 1. The summed E-state index contributed by atoms with van der Waals surface area (Å²) < 4.78 is 31.9. The van der Waals surface area contributed by atoms with E-state index in [1.165, 1.54) is 11.0 Å². The third-order valence-electron chi connectivity index (χ3n) is 6.08. The molecule has 1 atom stereocenters. The summed E-state index contributed by atoms with van der Waals surface area (Å²) in [5.74, 6) is -0.243. The Morgan fingerprint density at radius 1 is 0.974 bits per heavy atom. The number of hydrogen-bond acceptors (Lipinski definition) is 5. The van der Waals surface area contributed by atoms with Gasteiger partial charge in [-0.2, -0.15) is 0 Å². The molecule has 8 nitrogen and oxygen atoms in total. The molecule has 0 spiro atoms. The van der Waals surface area contributed by atoms with Crippen LogP contribution in [0.5, 0.6) is 5.75 Å². The smallest absolute Gasteiger partial charge is 0.244 e. The first-order valence-corrected chi connectivity index (χ1v) is 14.8. The lowest BCUT2D eigenvalue weighted by atomic mass is 10.0. The summed E-state index contributed by atoms with van der Waals surface area (Å²) in [5, 5.41) is 3.25. The van der Waals surface area contributed by atoms with E-state index >= 15 is 0 Å². The van der Waals surface area contributed by atoms with Gasteiger partial charge >= 0.3 is 0 Å². The van der Waals surface area contributed by atoms with Gasteiger partial charge in [-0.25, -0.2) is 8.42 Å². The first-order chi connectivity index (χ1) is 18.6. The fourth-order valence-electron chi connectivity index (χ4n) is 4.13. The monoisotopic (exact) mass is 571 g/mol. The molecule has 0 aliphatic heterocycles. The number of hydrogen-bond donors (Lipinski definition) is 1. The minimum atomic E-state index is -3.86. The van der Waals surface area contributed by atoms with Crippen LogP contribution in [0.3, 0.4) is 0 Å². The number of nitrogens with zero attached hydrogens (tertiary/aromatic N) is 2. The number of ether oxygens (including phenoxy) is 1. The molecule has 0 fully saturated rings. The topological polar surface area (TPSA) is 96.0 Å². The zero-order valence-electron chi connectivity index (χ0n) is 22.3. The van der Waals surface area contributed by atoms with Crippen LogP contribution < -0.4 is 14.4 Å². The molecule has 0 radical (unpaired) electrons. The highest BCUT2D eigenvalue weighted by molar-refractivity contribution is 7.92. The average molecular weight is 572 g/mol. The van der Waals surface area contributed by atoms with Gasteiger partial charge in [0.05, 0.1) is 19.1 Å². The Bertz CT molecular complexity index is 1370. The highest BCUT2D eigenvalue weighted by atomic mass is 35.5. The van der Waals surface area contributed by atoms with E-state index in [-0.39, 0.29) is 24.6 Å². The summed E-state index contributed by atoms with van der Waals surface area (Å²) in [4.78, 5) is 28.9. The molecule has 3 rings (SSSR count). The first kappa shape index (κ1) is 30.0. The Labute approximate surface area is 235 Å². The predicted molar refractivity (Wildman–Crippen MR) is 154 cm³/mol. The van der Waals surface area contributed by atoms with E-state index in [0.717, 1.165) is 28.1 Å². The molecule has 0 saturated heterocycles. The largest absolute Gasteiger partial charge is 0.497 e. The quantitative estimate of drug-likeness (QED) is 0.330. The van der Waals surface area contributed by atoms with Crippen molar-refractivity contribution in [3.05, 3.63) is 95.0 Å². The van der Waals surface area contributed by atoms with E-state index in [4.69, 9.17) is 16.3 Å². The summed E-state index contributed by atoms with van der Waals surface area (Å²) in [6.45, 7) is 1.96. The number of methoxy groups -OCH3 is 1. The van der Waals surface area contributed by atoms with Crippen LogP contribution in [0.25, 0.3) is 0 Å². The van der Waals surface area contributed by atoms with Gasteiger partial charge in [0.2, 0.25) is 21.8 Å². The van der Waals surface area contributed by atoms with Gasteiger partial charge in [-0.05, 0) is 47.9 Å². The number of benzene rings is 3. The predicted octanol–water partition coefficient (Wildman–Crippen LogP) is 4.28. The van der Waals surface area contributed by atoms with Crippen LogP contribution in [-0.2, 0) is 32.6 Å². The molecule has 3 aromatic rings. The molecular weight excluding hydrogens is 538 g/mol. The second kappa shape index (κ2) is 14.0. The lowest BCUT2D eigenvalue weighted by Gasteiger charge is -2.33. The third-order valence-corrected chi connectivity index (χ3v) is 7.46. The summed E-state index contributed by atoms with van der Waals surface area (Å²) >= 11 is 6.12. The van der Waals surface area contributed by atoms with E-state index in [9.17, 15) is 18.0 Å². The molecule has 39 heavy (non-hydrogen) atoms. The van der Waals surface area contributed by atoms with Gasteiger partial charge in [-0.3, -0.25) is 13.9 Å². The first-order valence-electron chi connectivity index (χ1n) is 12.6. The van der Waals surface area contributed by atoms with E-state index in [0.29, 0.717) is 17.3 Å². The number of rotatable bonds is 13. The zero-order chi connectivity index (χ0) is 28.4. The van der Waals surface area contributed by atoms with Crippen molar-refractivity contribution in [2.75, 3.05) is 30.8 Å².